The first-order valence-corrected chi connectivity index (χ1v) is 10.5. The third-order valence-electron chi connectivity index (χ3n) is 3.62. The van der Waals surface area contributed by atoms with Crippen LogP contribution in [0.1, 0.15) is 19.3 Å². The van der Waals surface area contributed by atoms with Crippen molar-refractivity contribution in [2.45, 2.75) is 37.4 Å². The van der Waals surface area contributed by atoms with Crippen LogP contribution in [0.15, 0.2) is 4.99 Å². The van der Waals surface area contributed by atoms with E-state index >= 15 is 0 Å². The molecule has 0 aromatic heterocycles. The highest BCUT2D eigenvalue weighted by molar-refractivity contribution is 7.98. The smallest absolute Gasteiger partial charge is 0.243 e. The fourth-order valence-corrected chi connectivity index (χ4v) is 2.87. The van der Waals surface area contributed by atoms with Gasteiger partial charge in [0.05, 0.1) is 0 Å². The van der Waals surface area contributed by atoms with Crippen molar-refractivity contribution < 1.29 is 19.2 Å². The van der Waals surface area contributed by atoms with Gasteiger partial charge >= 0.3 is 0 Å². The summed E-state index contributed by atoms with van der Waals surface area (Å²) in [6, 6.07) is -2.73. The lowest BCUT2D eigenvalue weighted by molar-refractivity contribution is -0.132. The van der Waals surface area contributed by atoms with Gasteiger partial charge in [0.15, 0.2) is 5.96 Å². The summed E-state index contributed by atoms with van der Waals surface area (Å²) in [6.45, 7) is 0.260. The third kappa shape index (κ3) is 10.9. The fourth-order valence-electron chi connectivity index (χ4n) is 2.13. The second kappa shape index (κ2) is 14.9. The quantitative estimate of drug-likeness (QED) is 0.0477. The summed E-state index contributed by atoms with van der Waals surface area (Å²) in [5.74, 6) is -1.27. The van der Waals surface area contributed by atoms with Gasteiger partial charge in [-0.25, -0.2) is 0 Å². The average Bonchev–Trinajstić information content (AvgIpc) is 2.64. The lowest BCUT2D eigenvalue weighted by Gasteiger charge is -2.23. The van der Waals surface area contributed by atoms with E-state index in [9.17, 15) is 19.2 Å². The van der Waals surface area contributed by atoms with Gasteiger partial charge in [-0.05, 0) is 31.3 Å². The molecule has 11 nitrogen and oxygen atoms in total. The minimum Gasteiger partial charge on any atom is -0.370 e. The zero-order valence-corrected chi connectivity index (χ0v) is 17.4. The zero-order valence-electron chi connectivity index (χ0n) is 15.7. The molecule has 28 heavy (non-hydrogen) atoms. The molecule has 0 heterocycles. The molecule has 0 fully saturated rings. The topological polar surface area (TPSA) is 195 Å². The predicted octanol–water partition coefficient (Wildman–Crippen LogP) is -2.71. The molecule has 0 bridgehead atoms. The van der Waals surface area contributed by atoms with Crippen LogP contribution in [0.4, 0.5) is 0 Å². The Hall–Kier alpha value is -2.15. The maximum absolute atomic E-state index is 12.5. The molecule has 0 rings (SSSR count). The summed E-state index contributed by atoms with van der Waals surface area (Å²) in [4.78, 5) is 50.9. The van der Waals surface area contributed by atoms with Crippen LogP contribution in [-0.4, -0.2) is 72.5 Å². The Morgan fingerprint density at radius 2 is 1.68 bits per heavy atom. The Morgan fingerprint density at radius 3 is 2.18 bits per heavy atom. The molecule has 0 saturated carbocycles. The number of carbonyl (C=O) groups excluding carboxylic acids is 4. The standard InChI is InChI=1S/C15H29N7O4S2/c1-28-6-4-9(20-8-23)13(25)21-10(3-2-5-19-15(17)18)14(26)22-11(7-27)12(16)24/h8-11,27H,2-7H2,1H3,(H2,16,24)(H,20,23)(H,21,25)(H,22,26)(H4,17,18,19)/t9-,10-,11-/m0/s1. The monoisotopic (exact) mass is 435 g/mol. The van der Waals surface area contributed by atoms with E-state index in [0.29, 0.717) is 25.0 Å². The molecule has 0 spiro atoms. The van der Waals surface area contributed by atoms with Gasteiger partial charge in [0.25, 0.3) is 0 Å². The van der Waals surface area contributed by atoms with Crippen molar-refractivity contribution in [2.24, 2.45) is 22.2 Å². The van der Waals surface area contributed by atoms with E-state index in [1.54, 1.807) is 0 Å². The summed E-state index contributed by atoms with van der Waals surface area (Å²) in [5.41, 5.74) is 15.7. The summed E-state index contributed by atoms with van der Waals surface area (Å²) >= 11 is 5.49. The van der Waals surface area contributed by atoms with E-state index < -0.39 is 35.8 Å². The van der Waals surface area contributed by atoms with E-state index in [1.165, 1.54) is 11.8 Å². The summed E-state index contributed by atoms with van der Waals surface area (Å²) in [5, 5.41) is 7.48. The van der Waals surface area contributed by atoms with Gasteiger partial charge in [-0.15, -0.1) is 0 Å². The van der Waals surface area contributed by atoms with Crippen LogP contribution in [-0.2, 0) is 19.2 Å². The maximum Gasteiger partial charge on any atom is 0.243 e. The number of nitrogens with two attached hydrogens (primary N) is 3. The fraction of sp³-hybridized carbons (Fsp3) is 0.667. The van der Waals surface area contributed by atoms with Crippen molar-refractivity contribution in [3.63, 3.8) is 0 Å². The number of rotatable bonds is 15. The number of amides is 4. The first-order valence-electron chi connectivity index (χ1n) is 8.51. The van der Waals surface area contributed by atoms with Gasteiger partial charge in [0.1, 0.15) is 18.1 Å². The first kappa shape index (κ1) is 25.9. The Labute approximate surface area is 173 Å². The highest BCUT2D eigenvalue weighted by Gasteiger charge is 2.27. The van der Waals surface area contributed by atoms with Crippen LogP contribution >= 0.6 is 24.4 Å². The van der Waals surface area contributed by atoms with Gasteiger partial charge in [-0.1, -0.05) is 0 Å². The van der Waals surface area contributed by atoms with Crippen LogP contribution in [0, 0.1) is 0 Å². The minimum atomic E-state index is -0.978. The number of aliphatic imine (C=N–C) groups is 1. The van der Waals surface area contributed by atoms with Crippen LogP contribution < -0.4 is 33.2 Å². The molecule has 0 aliphatic rings. The Bertz CT molecular complexity index is 559. The van der Waals surface area contributed by atoms with Crippen molar-refractivity contribution in [2.75, 3.05) is 24.3 Å². The summed E-state index contributed by atoms with van der Waals surface area (Å²) in [6.07, 6.45) is 3.31. The van der Waals surface area contributed by atoms with E-state index in [-0.39, 0.29) is 24.7 Å². The van der Waals surface area contributed by atoms with Gasteiger partial charge in [-0.3, -0.25) is 24.2 Å². The number of hydrogen-bond donors (Lipinski definition) is 7. The van der Waals surface area contributed by atoms with E-state index in [4.69, 9.17) is 17.2 Å². The van der Waals surface area contributed by atoms with E-state index in [0.717, 1.165) is 0 Å². The number of nitrogens with one attached hydrogen (secondary N) is 3. The molecular weight excluding hydrogens is 406 g/mol. The van der Waals surface area contributed by atoms with E-state index in [1.807, 2.05) is 6.26 Å². The largest absolute Gasteiger partial charge is 0.370 e. The second-order valence-electron chi connectivity index (χ2n) is 5.77. The molecule has 3 atom stereocenters. The predicted molar refractivity (Wildman–Crippen MR) is 113 cm³/mol. The van der Waals surface area contributed by atoms with Crippen molar-refractivity contribution in [3.05, 3.63) is 0 Å². The molecule has 9 N–H and O–H groups in total. The lowest BCUT2D eigenvalue weighted by Crippen LogP contribution is -2.56. The number of thiol groups is 1. The second-order valence-corrected chi connectivity index (χ2v) is 7.13. The molecule has 4 amide bonds. The normalized spacial score (nSPS) is 13.5. The number of carbonyl (C=O) groups is 4. The van der Waals surface area contributed by atoms with E-state index in [2.05, 4.69) is 33.6 Å². The first-order chi connectivity index (χ1) is 13.3. The average molecular weight is 436 g/mol. The molecule has 160 valence electrons. The Balaban J connectivity index is 5.14. The molecule has 13 heteroatoms. The Morgan fingerprint density at radius 1 is 1.07 bits per heavy atom. The molecule has 0 aromatic carbocycles. The number of thioether (sulfide) groups is 1. The SMILES string of the molecule is CSCC[C@H](NC=O)C(=O)N[C@@H](CCCN=C(N)N)C(=O)N[C@@H](CS)C(N)=O. The van der Waals surface area contributed by atoms with Gasteiger partial charge < -0.3 is 33.2 Å². The van der Waals surface area contributed by atoms with Crippen molar-refractivity contribution in [3.8, 4) is 0 Å². The third-order valence-corrected chi connectivity index (χ3v) is 4.63. The van der Waals surface area contributed by atoms with Crippen LogP contribution in [0.5, 0.6) is 0 Å². The molecule has 0 saturated heterocycles. The molecular formula is C15H29N7O4S2. The van der Waals surface area contributed by atoms with Crippen molar-refractivity contribution in [1.82, 2.24) is 16.0 Å². The van der Waals surface area contributed by atoms with Crippen LogP contribution in [0.25, 0.3) is 0 Å². The number of primary amides is 1. The molecule has 0 aliphatic carbocycles. The summed E-state index contributed by atoms with van der Waals surface area (Å²) < 4.78 is 0. The van der Waals surface area contributed by atoms with Gasteiger partial charge in [0.2, 0.25) is 24.1 Å². The molecule has 0 radical (unpaired) electrons. The Kier molecular flexibility index (Phi) is 13.7. The van der Waals surface area contributed by atoms with Crippen molar-refractivity contribution >= 4 is 54.5 Å². The number of hydrogen-bond acceptors (Lipinski definition) is 7. The van der Waals surface area contributed by atoms with Crippen molar-refractivity contribution in [1.29, 1.82) is 0 Å². The van der Waals surface area contributed by atoms with Gasteiger partial charge in [-0.2, -0.15) is 24.4 Å². The highest BCUT2D eigenvalue weighted by Crippen LogP contribution is 2.04. The molecule has 0 unspecified atom stereocenters. The molecule has 0 aliphatic heterocycles. The van der Waals surface area contributed by atoms with Gasteiger partial charge in [0, 0.05) is 12.3 Å². The molecule has 0 aromatic rings. The zero-order chi connectivity index (χ0) is 21.5. The number of nitrogens with zero attached hydrogens (tertiary/aromatic N) is 1. The number of guanidine groups is 1. The minimum absolute atomic E-state index is 0.0127. The maximum atomic E-state index is 12.5. The lowest BCUT2D eigenvalue weighted by atomic mass is 10.1. The van der Waals surface area contributed by atoms with Crippen LogP contribution in [0.2, 0.25) is 0 Å². The summed E-state index contributed by atoms with van der Waals surface area (Å²) in [7, 11) is 0. The van der Waals surface area contributed by atoms with Crippen LogP contribution in [0.3, 0.4) is 0 Å². The highest BCUT2D eigenvalue weighted by atomic mass is 32.2.